The zero-order valence-corrected chi connectivity index (χ0v) is 14.4. The van der Waals surface area contributed by atoms with E-state index in [4.69, 9.17) is 22.1 Å². The molecular weight excluding hydrogens is 323 g/mol. The van der Waals surface area contributed by atoms with Crippen molar-refractivity contribution in [1.29, 1.82) is 0 Å². The third-order valence-corrected chi connectivity index (χ3v) is 4.60. The Kier molecular flexibility index (Phi) is 8.01. The number of carbonyl (C=O) groups is 1. The third kappa shape index (κ3) is 4.77. The van der Waals surface area contributed by atoms with Gasteiger partial charge in [0.25, 0.3) is 0 Å². The molecule has 0 unspecified atom stereocenters. The van der Waals surface area contributed by atoms with Crippen molar-refractivity contribution < 1.29 is 9.53 Å². The van der Waals surface area contributed by atoms with E-state index in [-0.39, 0.29) is 24.2 Å². The Balaban J connectivity index is 0.00000242. The van der Waals surface area contributed by atoms with E-state index in [1.165, 1.54) is 0 Å². The Morgan fingerprint density at radius 2 is 2.23 bits per heavy atom. The summed E-state index contributed by atoms with van der Waals surface area (Å²) in [5.41, 5.74) is 6.73. The summed E-state index contributed by atoms with van der Waals surface area (Å²) in [6.45, 7) is 1.20. The van der Waals surface area contributed by atoms with Gasteiger partial charge < -0.3 is 15.8 Å². The fourth-order valence-corrected chi connectivity index (χ4v) is 3.24. The first-order valence-electron chi connectivity index (χ1n) is 7.46. The van der Waals surface area contributed by atoms with Gasteiger partial charge in [-0.2, -0.15) is 0 Å². The molecule has 1 amide bonds. The van der Waals surface area contributed by atoms with E-state index in [0.29, 0.717) is 30.5 Å². The number of hydrogen-bond acceptors (Lipinski definition) is 3. The number of hydrogen-bond donors (Lipinski definition) is 2. The predicted molar refractivity (Wildman–Crippen MR) is 91.9 cm³/mol. The van der Waals surface area contributed by atoms with Crippen molar-refractivity contribution in [1.82, 2.24) is 5.32 Å². The number of nitrogens with one attached hydrogen (secondary N) is 1. The van der Waals surface area contributed by atoms with Crippen LogP contribution in [0, 0.1) is 11.8 Å². The van der Waals surface area contributed by atoms with Crippen LogP contribution in [-0.4, -0.2) is 26.1 Å². The van der Waals surface area contributed by atoms with Crippen molar-refractivity contribution in [3.63, 3.8) is 0 Å². The molecule has 2 rings (SSSR count). The predicted octanol–water partition coefficient (Wildman–Crippen LogP) is 2.80. The van der Waals surface area contributed by atoms with Gasteiger partial charge in [0.1, 0.15) is 5.75 Å². The second kappa shape index (κ2) is 9.23. The van der Waals surface area contributed by atoms with Crippen molar-refractivity contribution in [2.75, 3.05) is 20.2 Å². The van der Waals surface area contributed by atoms with Crippen LogP contribution < -0.4 is 15.8 Å². The molecule has 124 valence electrons. The smallest absolute Gasteiger partial charge is 0.223 e. The number of amides is 1. The molecule has 0 heterocycles. The van der Waals surface area contributed by atoms with Crippen LogP contribution in [0.3, 0.4) is 0 Å². The maximum Gasteiger partial charge on any atom is 0.223 e. The molecule has 1 aliphatic rings. The highest BCUT2D eigenvalue weighted by molar-refractivity contribution is 6.31. The van der Waals surface area contributed by atoms with E-state index in [1.54, 1.807) is 13.2 Å². The van der Waals surface area contributed by atoms with Gasteiger partial charge in [0.2, 0.25) is 5.91 Å². The SMILES string of the molecule is COc1ccc(CCNC(=O)[C@@H]2CCC[C@@H]2CN)c(Cl)c1.Cl. The first-order chi connectivity index (χ1) is 10.2. The summed E-state index contributed by atoms with van der Waals surface area (Å²) < 4.78 is 5.12. The number of benzene rings is 1. The van der Waals surface area contributed by atoms with Crippen molar-refractivity contribution in [3.8, 4) is 5.75 Å². The van der Waals surface area contributed by atoms with Crippen molar-refractivity contribution in [2.24, 2.45) is 17.6 Å². The summed E-state index contributed by atoms with van der Waals surface area (Å²) >= 11 is 6.19. The van der Waals surface area contributed by atoms with Gasteiger partial charge >= 0.3 is 0 Å². The average molecular weight is 347 g/mol. The Labute approximate surface area is 143 Å². The fourth-order valence-electron chi connectivity index (χ4n) is 2.97. The van der Waals surface area contributed by atoms with Crippen LogP contribution in [0.1, 0.15) is 24.8 Å². The molecule has 6 heteroatoms. The second-order valence-corrected chi connectivity index (χ2v) is 5.94. The maximum atomic E-state index is 12.2. The Hall–Kier alpha value is -0.970. The lowest BCUT2D eigenvalue weighted by Gasteiger charge is -2.17. The lowest BCUT2D eigenvalue weighted by molar-refractivity contribution is -0.125. The van der Waals surface area contributed by atoms with E-state index >= 15 is 0 Å². The lowest BCUT2D eigenvalue weighted by atomic mass is 9.95. The van der Waals surface area contributed by atoms with Crippen LogP contribution >= 0.6 is 24.0 Å². The molecule has 0 aromatic heterocycles. The number of carbonyl (C=O) groups excluding carboxylic acids is 1. The van der Waals surface area contributed by atoms with Crippen LogP contribution in [-0.2, 0) is 11.2 Å². The largest absolute Gasteiger partial charge is 0.497 e. The normalized spacial score (nSPS) is 20.3. The molecule has 3 N–H and O–H groups in total. The summed E-state index contributed by atoms with van der Waals surface area (Å²) in [5, 5.41) is 3.68. The summed E-state index contributed by atoms with van der Waals surface area (Å²) in [6.07, 6.45) is 3.84. The maximum absolute atomic E-state index is 12.2. The minimum atomic E-state index is 0. The molecule has 0 aliphatic heterocycles. The molecule has 1 aliphatic carbocycles. The number of ether oxygens (including phenoxy) is 1. The molecule has 0 bridgehead atoms. The lowest BCUT2D eigenvalue weighted by Crippen LogP contribution is -2.36. The van der Waals surface area contributed by atoms with Crippen molar-refractivity contribution in [2.45, 2.75) is 25.7 Å². The highest BCUT2D eigenvalue weighted by atomic mass is 35.5. The average Bonchev–Trinajstić information content (AvgIpc) is 2.97. The third-order valence-electron chi connectivity index (χ3n) is 4.25. The van der Waals surface area contributed by atoms with Crippen LogP contribution in [0.25, 0.3) is 0 Å². The minimum Gasteiger partial charge on any atom is -0.497 e. The summed E-state index contributed by atoms with van der Waals surface area (Å²) in [6, 6.07) is 5.61. The van der Waals surface area contributed by atoms with Gasteiger partial charge in [-0.25, -0.2) is 0 Å². The Bertz CT molecular complexity index is 497. The number of nitrogens with two attached hydrogens (primary N) is 1. The monoisotopic (exact) mass is 346 g/mol. The van der Waals surface area contributed by atoms with Gasteiger partial charge in [0.15, 0.2) is 0 Å². The first kappa shape index (κ1) is 19.1. The van der Waals surface area contributed by atoms with Gasteiger partial charge in [-0.1, -0.05) is 24.1 Å². The zero-order valence-electron chi connectivity index (χ0n) is 12.8. The quantitative estimate of drug-likeness (QED) is 0.832. The highest BCUT2D eigenvalue weighted by Gasteiger charge is 2.31. The molecule has 1 aromatic rings. The highest BCUT2D eigenvalue weighted by Crippen LogP contribution is 2.31. The molecule has 1 fully saturated rings. The Morgan fingerprint density at radius 3 is 2.86 bits per heavy atom. The first-order valence-corrected chi connectivity index (χ1v) is 7.83. The second-order valence-electron chi connectivity index (χ2n) is 5.53. The van der Waals surface area contributed by atoms with Crippen LogP contribution in [0.2, 0.25) is 5.02 Å². The topological polar surface area (TPSA) is 64.3 Å². The van der Waals surface area contributed by atoms with E-state index < -0.39 is 0 Å². The number of methoxy groups -OCH3 is 1. The molecule has 2 atom stereocenters. The number of rotatable bonds is 6. The van der Waals surface area contributed by atoms with Gasteiger partial charge in [0.05, 0.1) is 7.11 Å². The standard InChI is InChI=1S/C16H23ClN2O2.ClH/c1-21-13-6-5-11(15(17)9-13)7-8-19-16(20)14-4-2-3-12(14)10-18;/h5-6,9,12,14H,2-4,7-8,10,18H2,1H3,(H,19,20);1H/t12-,14-;/m1./s1. The minimum absolute atomic E-state index is 0. The molecule has 1 saturated carbocycles. The van der Waals surface area contributed by atoms with Crippen LogP contribution in [0.5, 0.6) is 5.75 Å². The van der Waals surface area contributed by atoms with Crippen molar-refractivity contribution in [3.05, 3.63) is 28.8 Å². The summed E-state index contributed by atoms with van der Waals surface area (Å²) in [4.78, 5) is 12.2. The van der Waals surface area contributed by atoms with E-state index in [9.17, 15) is 4.79 Å². The van der Waals surface area contributed by atoms with Crippen molar-refractivity contribution >= 4 is 29.9 Å². The Morgan fingerprint density at radius 1 is 1.45 bits per heavy atom. The van der Waals surface area contributed by atoms with Gasteiger partial charge in [0, 0.05) is 17.5 Å². The summed E-state index contributed by atoms with van der Waals surface area (Å²) in [5.74, 6) is 1.30. The molecule has 0 radical (unpaired) electrons. The van der Waals surface area contributed by atoms with E-state index in [2.05, 4.69) is 5.32 Å². The van der Waals surface area contributed by atoms with Crippen LogP contribution in [0.15, 0.2) is 18.2 Å². The summed E-state index contributed by atoms with van der Waals surface area (Å²) in [7, 11) is 1.61. The van der Waals surface area contributed by atoms with Crippen LogP contribution in [0.4, 0.5) is 0 Å². The van der Waals surface area contributed by atoms with Gasteiger partial charge in [-0.05, 0) is 49.4 Å². The van der Waals surface area contributed by atoms with E-state index in [0.717, 1.165) is 30.6 Å². The molecule has 0 spiro atoms. The van der Waals surface area contributed by atoms with Gasteiger partial charge in [-0.3, -0.25) is 4.79 Å². The molecule has 0 saturated heterocycles. The number of halogens is 2. The molecule has 4 nitrogen and oxygen atoms in total. The zero-order chi connectivity index (χ0) is 15.2. The fraction of sp³-hybridized carbons (Fsp3) is 0.562. The molecule has 1 aromatic carbocycles. The molecular formula is C16H24Cl2N2O2. The van der Waals surface area contributed by atoms with E-state index in [1.807, 2.05) is 12.1 Å². The molecule has 22 heavy (non-hydrogen) atoms. The van der Waals surface area contributed by atoms with Gasteiger partial charge in [-0.15, -0.1) is 12.4 Å².